The topological polar surface area (TPSA) is 173 Å². The molecule has 0 aromatic heterocycles. The predicted octanol–water partition coefficient (Wildman–Crippen LogP) is -1.47. The minimum Gasteiger partial charge on any atom is -0.481 e. The standard InChI is InChI=1S/C8H14O5.C3H4O4/c9-4-3-8(5-10,6-11)2-1-7(12)13;4-2(5)1-3(6)7/h1-2,9-11H,3-6H2,(H,12,13);1H2,(H,4,5)(H,6,7). The van der Waals surface area contributed by atoms with Crippen molar-refractivity contribution in [3.63, 3.8) is 0 Å². The zero-order valence-corrected chi connectivity index (χ0v) is 10.6. The maximum atomic E-state index is 10.2. The Morgan fingerprint density at radius 1 is 0.900 bits per heavy atom. The zero-order valence-electron chi connectivity index (χ0n) is 10.6. The van der Waals surface area contributed by atoms with Crippen molar-refractivity contribution in [1.29, 1.82) is 0 Å². The van der Waals surface area contributed by atoms with Crippen LogP contribution in [0.25, 0.3) is 0 Å². The van der Waals surface area contributed by atoms with Gasteiger partial charge in [-0.05, 0) is 6.42 Å². The third-order valence-electron chi connectivity index (χ3n) is 2.12. The molecule has 0 bridgehead atoms. The van der Waals surface area contributed by atoms with Crippen molar-refractivity contribution in [3.8, 4) is 0 Å². The van der Waals surface area contributed by atoms with Gasteiger partial charge < -0.3 is 30.6 Å². The third kappa shape index (κ3) is 11.1. The fourth-order valence-corrected chi connectivity index (χ4v) is 0.997. The Balaban J connectivity index is 0. The van der Waals surface area contributed by atoms with Crippen LogP contribution in [0.2, 0.25) is 0 Å². The van der Waals surface area contributed by atoms with Crippen LogP contribution in [0.5, 0.6) is 0 Å². The molecule has 0 aliphatic rings. The van der Waals surface area contributed by atoms with Crippen LogP contribution in [0.15, 0.2) is 12.2 Å². The summed E-state index contributed by atoms with van der Waals surface area (Å²) in [6.07, 6.45) is 1.37. The van der Waals surface area contributed by atoms with Crippen molar-refractivity contribution in [2.75, 3.05) is 19.8 Å². The van der Waals surface area contributed by atoms with Gasteiger partial charge in [-0.1, -0.05) is 6.08 Å². The largest absolute Gasteiger partial charge is 0.481 e. The Morgan fingerprint density at radius 2 is 1.35 bits per heavy atom. The van der Waals surface area contributed by atoms with Crippen molar-refractivity contribution >= 4 is 17.9 Å². The number of carboxylic acid groups (broad SMARTS) is 3. The fraction of sp³-hybridized carbons (Fsp3) is 0.545. The maximum absolute atomic E-state index is 10.2. The van der Waals surface area contributed by atoms with Crippen LogP contribution in [0.4, 0.5) is 0 Å². The van der Waals surface area contributed by atoms with E-state index in [0.29, 0.717) is 0 Å². The van der Waals surface area contributed by atoms with E-state index >= 15 is 0 Å². The Labute approximate surface area is 114 Å². The lowest BCUT2D eigenvalue weighted by Crippen LogP contribution is -2.29. The molecule has 20 heavy (non-hydrogen) atoms. The van der Waals surface area contributed by atoms with Crippen molar-refractivity contribution in [2.45, 2.75) is 12.8 Å². The van der Waals surface area contributed by atoms with Crippen LogP contribution in [0.3, 0.4) is 0 Å². The van der Waals surface area contributed by atoms with Gasteiger partial charge in [0.2, 0.25) is 0 Å². The second kappa shape index (κ2) is 10.9. The van der Waals surface area contributed by atoms with E-state index in [0.717, 1.165) is 6.08 Å². The van der Waals surface area contributed by atoms with Crippen LogP contribution in [-0.2, 0) is 14.4 Å². The molecular formula is C11H18O9. The summed E-state index contributed by atoms with van der Waals surface area (Å²) in [6.45, 7) is -1.01. The van der Waals surface area contributed by atoms with Crippen LogP contribution >= 0.6 is 0 Å². The third-order valence-corrected chi connectivity index (χ3v) is 2.12. The highest BCUT2D eigenvalue weighted by Gasteiger charge is 2.25. The van der Waals surface area contributed by atoms with Gasteiger partial charge >= 0.3 is 17.9 Å². The molecule has 0 aromatic carbocycles. The number of carboxylic acids is 3. The molecule has 0 rings (SSSR count). The lowest BCUT2D eigenvalue weighted by atomic mass is 9.86. The minimum absolute atomic E-state index is 0.129. The second-order valence-electron chi connectivity index (χ2n) is 3.79. The lowest BCUT2D eigenvalue weighted by molar-refractivity contribution is -0.147. The molecule has 9 heteroatoms. The SMILES string of the molecule is O=C(O)C=CC(CO)(CO)CCO.O=C(O)CC(=O)O. The molecule has 0 aliphatic heterocycles. The van der Waals surface area contributed by atoms with Gasteiger partial charge in [0.25, 0.3) is 0 Å². The fourth-order valence-electron chi connectivity index (χ4n) is 0.997. The lowest BCUT2D eigenvalue weighted by Gasteiger charge is -2.24. The Morgan fingerprint density at radius 3 is 1.55 bits per heavy atom. The minimum atomic E-state index is -1.31. The smallest absolute Gasteiger partial charge is 0.327 e. The molecule has 6 N–H and O–H groups in total. The molecule has 0 heterocycles. The highest BCUT2D eigenvalue weighted by molar-refractivity contribution is 5.88. The van der Waals surface area contributed by atoms with Crippen molar-refractivity contribution in [1.82, 2.24) is 0 Å². The van der Waals surface area contributed by atoms with E-state index in [2.05, 4.69) is 0 Å². The summed E-state index contributed by atoms with van der Waals surface area (Å²) < 4.78 is 0. The summed E-state index contributed by atoms with van der Waals surface area (Å²) in [5.41, 5.74) is -1.03. The second-order valence-corrected chi connectivity index (χ2v) is 3.79. The van der Waals surface area contributed by atoms with E-state index in [-0.39, 0.29) is 13.0 Å². The van der Waals surface area contributed by atoms with Gasteiger partial charge in [0, 0.05) is 18.1 Å². The van der Waals surface area contributed by atoms with Gasteiger partial charge in [-0.15, -0.1) is 0 Å². The number of aliphatic hydroxyl groups is 3. The Hall–Kier alpha value is -1.97. The average molecular weight is 294 g/mol. The molecule has 0 saturated heterocycles. The van der Waals surface area contributed by atoms with Gasteiger partial charge in [0.1, 0.15) is 6.42 Å². The number of carbonyl (C=O) groups is 3. The van der Waals surface area contributed by atoms with E-state index < -0.39 is 43.0 Å². The maximum Gasteiger partial charge on any atom is 0.327 e. The normalized spacial score (nSPS) is 10.8. The van der Waals surface area contributed by atoms with Gasteiger partial charge in [0.05, 0.1) is 13.2 Å². The number of hydrogen-bond donors (Lipinski definition) is 6. The molecule has 9 nitrogen and oxygen atoms in total. The summed E-state index contributed by atoms with van der Waals surface area (Å²) >= 11 is 0. The molecule has 0 aliphatic carbocycles. The van der Waals surface area contributed by atoms with E-state index in [4.69, 9.17) is 30.6 Å². The van der Waals surface area contributed by atoms with Gasteiger partial charge in [-0.2, -0.15) is 0 Å². The molecule has 0 fully saturated rings. The van der Waals surface area contributed by atoms with Crippen molar-refractivity contribution in [3.05, 3.63) is 12.2 Å². The van der Waals surface area contributed by atoms with Crippen LogP contribution in [-0.4, -0.2) is 68.4 Å². The molecule has 0 aromatic rings. The highest BCUT2D eigenvalue weighted by atomic mass is 16.4. The Bertz CT molecular complexity index is 332. The molecule has 0 atom stereocenters. The molecule has 116 valence electrons. The number of aliphatic hydroxyl groups excluding tert-OH is 3. The first kappa shape index (κ1) is 20.3. The van der Waals surface area contributed by atoms with Gasteiger partial charge in [-0.3, -0.25) is 9.59 Å². The summed E-state index contributed by atoms with van der Waals surface area (Å²) in [4.78, 5) is 29.0. The quantitative estimate of drug-likeness (QED) is 0.230. The van der Waals surface area contributed by atoms with E-state index in [1.165, 1.54) is 6.08 Å². The summed E-state index contributed by atoms with van der Waals surface area (Å²) in [7, 11) is 0. The molecule has 0 saturated carbocycles. The van der Waals surface area contributed by atoms with Crippen molar-refractivity contribution < 1.29 is 45.0 Å². The first-order chi connectivity index (χ1) is 9.22. The monoisotopic (exact) mass is 294 g/mol. The van der Waals surface area contributed by atoms with E-state index in [9.17, 15) is 14.4 Å². The van der Waals surface area contributed by atoms with Crippen LogP contribution in [0.1, 0.15) is 12.8 Å². The van der Waals surface area contributed by atoms with E-state index in [1.807, 2.05) is 0 Å². The van der Waals surface area contributed by atoms with Crippen LogP contribution in [0, 0.1) is 5.41 Å². The first-order valence-electron chi connectivity index (χ1n) is 5.41. The van der Waals surface area contributed by atoms with Gasteiger partial charge in [-0.25, -0.2) is 4.79 Å². The highest BCUT2D eigenvalue weighted by Crippen LogP contribution is 2.22. The summed E-state index contributed by atoms with van der Waals surface area (Å²) in [5, 5.41) is 50.2. The number of rotatable bonds is 8. The van der Waals surface area contributed by atoms with Gasteiger partial charge in [0.15, 0.2) is 0 Å². The average Bonchev–Trinajstić information content (AvgIpc) is 2.33. The Kier molecular flexibility index (Phi) is 11.1. The molecular weight excluding hydrogens is 276 g/mol. The molecule has 0 amide bonds. The number of aliphatic carboxylic acids is 3. The molecule has 0 radical (unpaired) electrons. The predicted molar refractivity (Wildman–Crippen MR) is 65.0 cm³/mol. The summed E-state index contributed by atoms with van der Waals surface area (Å²) in [5.74, 6) is -3.77. The van der Waals surface area contributed by atoms with Crippen LogP contribution < -0.4 is 0 Å². The molecule has 0 unspecified atom stereocenters. The van der Waals surface area contributed by atoms with Crippen molar-refractivity contribution in [2.24, 2.45) is 5.41 Å². The molecule has 0 spiro atoms. The first-order valence-corrected chi connectivity index (χ1v) is 5.41. The van der Waals surface area contributed by atoms with E-state index in [1.54, 1.807) is 0 Å². The zero-order chi connectivity index (χ0) is 16.2. The number of hydrogen-bond acceptors (Lipinski definition) is 6. The summed E-state index contributed by atoms with van der Waals surface area (Å²) in [6, 6.07) is 0.